The summed E-state index contributed by atoms with van der Waals surface area (Å²) in [5, 5.41) is 8.43. The maximum atomic E-state index is 5.63. The van der Waals surface area contributed by atoms with Crippen molar-refractivity contribution in [2.45, 2.75) is 38.8 Å². The minimum absolute atomic E-state index is 0.392. The van der Waals surface area contributed by atoms with Gasteiger partial charge in [0.15, 0.2) is 0 Å². The van der Waals surface area contributed by atoms with Crippen LogP contribution in [0.2, 0.25) is 0 Å². The van der Waals surface area contributed by atoms with E-state index in [4.69, 9.17) is 9.47 Å². The Morgan fingerprint density at radius 3 is 2.90 bits per heavy atom. The molecule has 1 aromatic heterocycles. The van der Waals surface area contributed by atoms with E-state index in [1.165, 1.54) is 12.8 Å². The molecule has 0 bridgehead atoms. The molecule has 1 aromatic carbocycles. The van der Waals surface area contributed by atoms with Crippen LogP contribution in [0.15, 0.2) is 30.5 Å². The highest BCUT2D eigenvalue weighted by molar-refractivity contribution is 5.58. The topological polar surface area (TPSA) is 49.2 Å². The SMILES string of the molecule is CCOc1ccc(-c2cn(CCC3CCCO3)nn2)cc1. The molecule has 5 heteroatoms. The van der Waals surface area contributed by atoms with E-state index in [0.29, 0.717) is 12.7 Å². The molecule has 112 valence electrons. The molecule has 1 atom stereocenters. The third-order valence-corrected chi connectivity index (χ3v) is 3.70. The van der Waals surface area contributed by atoms with Crippen LogP contribution in [0.25, 0.3) is 11.3 Å². The Bertz CT molecular complexity index is 559. The molecule has 0 spiro atoms. The molecule has 3 rings (SSSR count). The van der Waals surface area contributed by atoms with Gasteiger partial charge in [-0.1, -0.05) is 5.21 Å². The molecule has 0 aliphatic carbocycles. The predicted octanol–water partition coefficient (Wildman–Crippen LogP) is 2.91. The van der Waals surface area contributed by atoms with Gasteiger partial charge in [-0.15, -0.1) is 5.10 Å². The highest BCUT2D eigenvalue weighted by Gasteiger charge is 2.15. The summed E-state index contributed by atoms with van der Waals surface area (Å²) in [5.41, 5.74) is 1.95. The van der Waals surface area contributed by atoms with Crippen molar-refractivity contribution in [2.24, 2.45) is 0 Å². The molecule has 2 heterocycles. The Balaban J connectivity index is 1.60. The van der Waals surface area contributed by atoms with Crippen molar-refractivity contribution in [2.75, 3.05) is 13.2 Å². The molecule has 21 heavy (non-hydrogen) atoms. The van der Waals surface area contributed by atoms with E-state index >= 15 is 0 Å². The first-order valence-corrected chi connectivity index (χ1v) is 7.60. The molecule has 1 aliphatic rings. The van der Waals surface area contributed by atoms with Crippen LogP contribution >= 0.6 is 0 Å². The smallest absolute Gasteiger partial charge is 0.119 e. The fraction of sp³-hybridized carbons (Fsp3) is 0.500. The molecule has 1 aliphatic heterocycles. The van der Waals surface area contributed by atoms with Gasteiger partial charge in [-0.25, -0.2) is 0 Å². The van der Waals surface area contributed by atoms with Gasteiger partial charge in [-0.05, 0) is 50.5 Å². The third-order valence-electron chi connectivity index (χ3n) is 3.70. The second kappa shape index (κ2) is 6.72. The number of ether oxygens (including phenoxy) is 2. The second-order valence-corrected chi connectivity index (χ2v) is 5.25. The minimum atomic E-state index is 0.392. The van der Waals surface area contributed by atoms with E-state index < -0.39 is 0 Å². The highest BCUT2D eigenvalue weighted by atomic mass is 16.5. The fourth-order valence-electron chi connectivity index (χ4n) is 2.58. The van der Waals surface area contributed by atoms with Crippen molar-refractivity contribution in [3.63, 3.8) is 0 Å². The Morgan fingerprint density at radius 1 is 1.33 bits per heavy atom. The van der Waals surface area contributed by atoms with Crippen LogP contribution in [0.5, 0.6) is 5.75 Å². The van der Waals surface area contributed by atoms with Gasteiger partial charge in [0.25, 0.3) is 0 Å². The lowest BCUT2D eigenvalue weighted by Gasteiger charge is -2.07. The number of nitrogens with zero attached hydrogens (tertiary/aromatic N) is 3. The minimum Gasteiger partial charge on any atom is -0.494 e. The third kappa shape index (κ3) is 3.61. The highest BCUT2D eigenvalue weighted by Crippen LogP contribution is 2.21. The number of hydrogen-bond donors (Lipinski definition) is 0. The van der Waals surface area contributed by atoms with E-state index in [1.807, 2.05) is 42.1 Å². The first-order chi connectivity index (χ1) is 10.3. The van der Waals surface area contributed by atoms with Crippen molar-refractivity contribution in [1.29, 1.82) is 0 Å². The summed E-state index contributed by atoms with van der Waals surface area (Å²) >= 11 is 0. The fourth-order valence-corrected chi connectivity index (χ4v) is 2.58. The van der Waals surface area contributed by atoms with Crippen LogP contribution in [0.4, 0.5) is 0 Å². The van der Waals surface area contributed by atoms with Crippen LogP contribution in [0.1, 0.15) is 26.2 Å². The lowest BCUT2D eigenvalue weighted by molar-refractivity contribution is 0.0993. The van der Waals surface area contributed by atoms with E-state index in [9.17, 15) is 0 Å². The maximum absolute atomic E-state index is 5.63. The molecular formula is C16H21N3O2. The van der Waals surface area contributed by atoms with Gasteiger partial charge in [0.05, 0.1) is 18.9 Å². The van der Waals surface area contributed by atoms with Crippen LogP contribution in [-0.2, 0) is 11.3 Å². The predicted molar refractivity (Wildman–Crippen MR) is 80.2 cm³/mol. The van der Waals surface area contributed by atoms with Gasteiger partial charge in [0, 0.05) is 18.7 Å². The normalized spacial score (nSPS) is 18.0. The van der Waals surface area contributed by atoms with Gasteiger partial charge in [0.2, 0.25) is 0 Å². The van der Waals surface area contributed by atoms with Crippen molar-refractivity contribution >= 4 is 0 Å². The average molecular weight is 287 g/mol. The van der Waals surface area contributed by atoms with Crippen LogP contribution in [0, 0.1) is 0 Å². The summed E-state index contributed by atoms with van der Waals surface area (Å²) in [5.74, 6) is 0.882. The molecular weight excluding hydrogens is 266 g/mol. The Hall–Kier alpha value is -1.88. The van der Waals surface area contributed by atoms with Gasteiger partial charge >= 0.3 is 0 Å². The monoisotopic (exact) mass is 287 g/mol. The van der Waals surface area contributed by atoms with Gasteiger partial charge in [-0.2, -0.15) is 0 Å². The van der Waals surface area contributed by atoms with Crippen molar-refractivity contribution in [1.82, 2.24) is 15.0 Å². The number of aryl methyl sites for hydroxylation is 1. The Labute approximate surface area is 124 Å². The van der Waals surface area contributed by atoms with E-state index in [0.717, 1.165) is 36.6 Å². The Morgan fingerprint density at radius 2 is 2.19 bits per heavy atom. The largest absolute Gasteiger partial charge is 0.494 e. The molecule has 0 amide bonds. The van der Waals surface area contributed by atoms with Crippen molar-refractivity contribution in [3.05, 3.63) is 30.5 Å². The summed E-state index contributed by atoms with van der Waals surface area (Å²) in [7, 11) is 0. The van der Waals surface area contributed by atoms with Crippen molar-refractivity contribution in [3.8, 4) is 17.0 Å². The first-order valence-electron chi connectivity index (χ1n) is 7.60. The van der Waals surface area contributed by atoms with Gasteiger partial charge in [0.1, 0.15) is 11.4 Å². The molecule has 0 saturated carbocycles. The van der Waals surface area contributed by atoms with E-state index in [1.54, 1.807) is 0 Å². The number of benzene rings is 1. The molecule has 1 fully saturated rings. The summed E-state index contributed by atoms with van der Waals surface area (Å²) in [6.07, 6.45) is 5.74. The number of aromatic nitrogens is 3. The molecule has 2 aromatic rings. The van der Waals surface area contributed by atoms with Crippen molar-refractivity contribution < 1.29 is 9.47 Å². The van der Waals surface area contributed by atoms with Gasteiger partial charge < -0.3 is 9.47 Å². The van der Waals surface area contributed by atoms with Crippen LogP contribution in [-0.4, -0.2) is 34.3 Å². The Kier molecular flexibility index (Phi) is 4.50. The molecule has 0 N–H and O–H groups in total. The van der Waals surface area contributed by atoms with Gasteiger partial charge in [-0.3, -0.25) is 4.68 Å². The lowest BCUT2D eigenvalue weighted by atomic mass is 10.1. The molecule has 5 nitrogen and oxygen atoms in total. The van der Waals surface area contributed by atoms with E-state index in [-0.39, 0.29) is 0 Å². The molecule has 1 unspecified atom stereocenters. The average Bonchev–Trinajstić information content (AvgIpc) is 3.18. The maximum Gasteiger partial charge on any atom is 0.119 e. The zero-order valence-electron chi connectivity index (χ0n) is 12.4. The summed E-state index contributed by atoms with van der Waals surface area (Å²) in [6.45, 7) is 4.42. The summed E-state index contributed by atoms with van der Waals surface area (Å²) in [4.78, 5) is 0. The van der Waals surface area contributed by atoms with Crippen LogP contribution in [0.3, 0.4) is 0 Å². The zero-order valence-corrected chi connectivity index (χ0v) is 12.4. The number of hydrogen-bond acceptors (Lipinski definition) is 4. The summed E-state index contributed by atoms with van der Waals surface area (Å²) in [6, 6.07) is 7.95. The van der Waals surface area contributed by atoms with E-state index in [2.05, 4.69) is 10.3 Å². The quantitative estimate of drug-likeness (QED) is 0.819. The summed E-state index contributed by atoms with van der Waals surface area (Å²) < 4.78 is 13.0. The standard InChI is InChI=1S/C16H21N3O2/c1-2-20-15-7-5-13(6-8-15)16-12-19(18-17-16)10-9-14-4-3-11-21-14/h5-8,12,14H,2-4,9-11H2,1H3. The lowest BCUT2D eigenvalue weighted by Crippen LogP contribution is -2.10. The number of rotatable bonds is 6. The zero-order chi connectivity index (χ0) is 14.5. The second-order valence-electron chi connectivity index (χ2n) is 5.25. The molecule has 0 radical (unpaired) electrons. The van der Waals surface area contributed by atoms with Crippen LogP contribution < -0.4 is 4.74 Å². The first kappa shape index (κ1) is 14.1. The molecule has 1 saturated heterocycles.